The number of anilines is 1. The average Bonchev–Trinajstić information content (AvgIpc) is 2.98. The van der Waals surface area contributed by atoms with Gasteiger partial charge in [0.25, 0.3) is 5.91 Å². The lowest BCUT2D eigenvalue weighted by molar-refractivity contribution is -0.271. The Labute approximate surface area is 243 Å². The van der Waals surface area contributed by atoms with Gasteiger partial charge in [0, 0.05) is 37.7 Å². The van der Waals surface area contributed by atoms with Crippen LogP contribution in [0.3, 0.4) is 0 Å². The van der Waals surface area contributed by atoms with Crippen molar-refractivity contribution in [3.05, 3.63) is 60.2 Å². The van der Waals surface area contributed by atoms with Crippen molar-refractivity contribution < 1.29 is 49.1 Å². The van der Waals surface area contributed by atoms with E-state index in [0.29, 0.717) is 24.1 Å². The number of carbonyl (C=O) groups is 4. The first-order valence-electron chi connectivity index (χ1n) is 13.6. The summed E-state index contributed by atoms with van der Waals surface area (Å²) in [5.74, 6) is -2.16. The van der Waals surface area contributed by atoms with Crippen molar-refractivity contribution in [2.24, 2.45) is 0 Å². The Hall–Kier alpha value is -4.04. The minimum atomic E-state index is -1.84. The molecule has 0 radical (unpaired) electrons. The second-order valence-electron chi connectivity index (χ2n) is 9.95. The van der Waals surface area contributed by atoms with Gasteiger partial charge in [-0.15, -0.1) is 0 Å². The first-order valence-corrected chi connectivity index (χ1v) is 13.6. The largest absolute Gasteiger partial charge is 0.479 e. The molecular weight excluding hydrogens is 550 g/mol. The van der Waals surface area contributed by atoms with Gasteiger partial charge in [0.2, 0.25) is 18.1 Å². The fourth-order valence-corrected chi connectivity index (χ4v) is 4.24. The lowest BCUT2D eigenvalue weighted by atomic mass is 9.99. The number of unbranched alkanes of at least 4 members (excludes halogenated alkanes) is 1. The Kier molecular flexibility index (Phi) is 11.8. The Morgan fingerprint density at radius 3 is 2.21 bits per heavy atom. The summed E-state index contributed by atoms with van der Waals surface area (Å²) in [5.41, 5.74) is 0.891. The van der Waals surface area contributed by atoms with Crippen molar-refractivity contribution in [3.8, 4) is 5.75 Å². The number of aliphatic hydroxyl groups is 3. The first-order chi connectivity index (χ1) is 20.0. The fraction of sp³-hybridized carbons (Fsp3) is 0.448. The molecule has 1 aliphatic rings. The number of nitrogens with zero attached hydrogens (tertiary/aromatic N) is 2. The molecule has 0 saturated carbocycles. The SMILES string of the molecule is CCCCC(=O)N(CCC(=O)Nc1ccc(OC2O[C@H](C(=O)O)C(O)C(O)C2O)cc1)CN(C)C(=O)c1ccccc1. The highest BCUT2D eigenvalue weighted by Gasteiger charge is 2.48. The van der Waals surface area contributed by atoms with Crippen molar-refractivity contribution in [1.82, 2.24) is 9.80 Å². The maximum Gasteiger partial charge on any atom is 0.335 e. The maximum atomic E-state index is 12.8. The quantitative estimate of drug-likeness (QED) is 0.212. The zero-order valence-electron chi connectivity index (χ0n) is 23.5. The lowest BCUT2D eigenvalue weighted by Gasteiger charge is -2.38. The van der Waals surface area contributed by atoms with E-state index in [1.807, 2.05) is 6.92 Å². The van der Waals surface area contributed by atoms with Gasteiger partial charge in [-0.25, -0.2) is 4.79 Å². The van der Waals surface area contributed by atoms with E-state index in [0.717, 1.165) is 6.42 Å². The maximum absolute atomic E-state index is 12.8. The molecule has 1 aliphatic heterocycles. The predicted molar refractivity (Wildman–Crippen MR) is 149 cm³/mol. The molecule has 4 unspecified atom stereocenters. The molecule has 1 heterocycles. The molecule has 3 rings (SSSR count). The molecule has 228 valence electrons. The zero-order chi connectivity index (χ0) is 30.8. The standard InChI is InChI=1S/C29H37N3O10/c1-3-4-10-22(34)32(17-31(2)27(38)18-8-6-5-7-9-18)16-15-21(33)30-19-11-13-20(14-12-19)41-29-25(37)23(35)24(36)26(42-29)28(39)40/h5-9,11-14,23-26,29,35-37H,3-4,10,15-17H2,1-2H3,(H,30,33)(H,39,40)/t23?,24?,25?,26-,29?/m0/s1. The number of carboxylic acids is 1. The van der Waals surface area contributed by atoms with Crippen LogP contribution in [0.5, 0.6) is 5.75 Å². The monoisotopic (exact) mass is 587 g/mol. The van der Waals surface area contributed by atoms with Crippen LogP contribution in [0, 0.1) is 0 Å². The van der Waals surface area contributed by atoms with Crippen LogP contribution in [0.2, 0.25) is 0 Å². The third-order valence-corrected chi connectivity index (χ3v) is 6.66. The molecule has 1 fully saturated rings. The van der Waals surface area contributed by atoms with E-state index in [-0.39, 0.29) is 43.1 Å². The molecule has 3 amide bonds. The van der Waals surface area contributed by atoms with E-state index < -0.39 is 36.7 Å². The van der Waals surface area contributed by atoms with Gasteiger partial charge >= 0.3 is 5.97 Å². The normalized spacial score (nSPS) is 21.7. The third kappa shape index (κ3) is 8.73. The highest BCUT2D eigenvalue weighted by molar-refractivity contribution is 5.94. The highest BCUT2D eigenvalue weighted by atomic mass is 16.7. The van der Waals surface area contributed by atoms with E-state index in [1.54, 1.807) is 37.4 Å². The number of hydrogen-bond acceptors (Lipinski definition) is 9. The molecule has 0 aliphatic carbocycles. The minimum absolute atomic E-state index is 0.0254. The van der Waals surface area contributed by atoms with Crippen molar-refractivity contribution in [2.75, 3.05) is 25.6 Å². The Morgan fingerprint density at radius 1 is 0.929 bits per heavy atom. The van der Waals surface area contributed by atoms with Crippen LogP contribution in [0.15, 0.2) is 54.6 Å². The fourth-order valence-electron chi connectivity index (χ4n) is 4.24. The second kappa shape index (κ2) is 15.3. The number of carboxylic acid groups (broad SMARTS) is 1. The van der Waals surface area contributed by atoms with Crippen LogP contribution in [0.1, 0.15) is 43.0 Å². The van der Waals surface area contributed by atoms with Crippen LogP contribution in [0.4, 0.5) is 5.69 Å². The molecular formula is C29H37N3O10. The van der Waals surface area contributed by atoms with Crippen molar-refractivity contribution in [1.29, 1.82) is 0 Å². The van der Waals surface area contributed by atoms with Gasteiger partial charge in [-0.05, 0) is 42.8 Å². The van der Waals surface area contributed by atoms with Gasteiger partial charge in [-0.2, -0.15) is 0 Å². The summed E-state index contributed by atoms with van der Waals surface area (Å²) in [4.78, 5) is 52.5. The van der Waals surface area contributed by atoms with E-state index >= 15 is 0 Å². The zero-order valence-corrected chi connectivity index (χ0v) is 23.5. The number of ether oxygens (including phenoxy) is 2. The molecule has 0 bridgehead atoms. The molecule has 5 N–H and O–H groups in total. The van der Waals surface area contributed by atoms with E-state index in [1.165, 1.54) is 34.1 Å². The van der Waals surface area contributed by atoms with E-state index in [9.17, 15) is 34.5 Å². The Balaban J connectivity index is 1.56. The number of aliphatic carboxylic acids is 1. The number of amides is 3. The average molecular weight is 588 g/mol. The molecule has 0 spiro atoms. The number of aliphatic hydroxyl groups excluding tert-OH is 3. The Morgan fingerprint density at radius 2 is 1.60 bits per heavy atom. The summed E-state index contributed by atoms with van der Waals surface area (Å²) < 4.78 is 10.6. The number of benzene rings is 2. The smallest absolute Gasteiger partial charge is 0.335 e. The summed E-state index contributed by atoms with van der Waals surface area (Å²) in [5, 5.41) is 41.7. The van der Waals surface area contributed by atoms with Crippen LogP contribution in [0.25, 0.3) is 0 Å². The summed E-state index contributed by atoms with van der Waals surface area (Å²) in [6.07, 6.45) is -6.91. The second-order valence-corrected chi connectivity index (χ2v) is 9.95. The first kappa shape index (κ1) is 32.5. The molecule has 2 aromatic rings. The van der Waals surface area contributed by atoms with Crippen LogP contribution in [-0.4, -0.2) is 105 Å². The summed E-state index contributed by atoms with van der Waals surface area (Å²) >= 11 is 0. The van der Waals surface area contributed by atoms with Gasteiger partial charge in [0.1, 0.15) is 24.1 Å². The van der Waals surface area contributed by atoms with Gasteiger partial charge in [-0.3, -0.25) is 14.4 Å². The number of carbonyl (C=O) groups excluding carboxylic acids is 3. The molecule has 13 nitrogen and oxygen atoms in total. The number of hydrogen-bond donors (Lipinski definition) is 5. The van der Waals surface area contributed by atoms with Gasteiger partial charge in [0.05, 0.1) is 6.67 Å². The van der Waals surface area contributed by atoms with Crippen molar-refractivity contribution >= 4 is 29.4 Å². The van der Waals surface area contributed by atoms with E-state index in [2.05, 4.69) is 5.32 Å². The summed E-state index contributed by atoms with van der Waals surface area (Å²) in [6, 6.07) is 14.6. The molecule has 1 saturated heterocycles. The molecule has 2 aromatic carbocycles. The highest BCUT2D eigenvalue weighted by Crippen LogP contribution is 2.25. The van der Waals surface area contributed by atoms with Crippen molar-refractivity contribution in [2.45, 2.75) is 63.3 Å². The van der Waals surface area contributed by atoms with Crippen LogP contribution >= 0.6 is 0 Å². The summed E-state index contributed by atoms with van der Waals surface area (Å²) in [7, 11) is 1.60. The van der Waals surface area contributed by atoms with Gasteiger partial charge < -0.3 is 45.0 Å². The Bertz CT molecular complexity index is 1210. The van der Waals surface area contributed by atoms with Crippen LogP contribution < -0.4 is 10.1 Å². The molecule has 13 heteroatoms. The molecule has 0 aromatic heterocycles. The lowest BCUT2D eigenvalue weighted by Crippen LogP contribution is -2.61. The number of rotatable bonds is 13. The van der Waals surface area contributed by atoms with Gasteiger partial charge in [0.15, 0.2) is 6.10 Å². The number of nitrogens with one attached hydrogen (secondary N) is 1. The van der Waals surface area contributed by atoms with Gasteiger partial charge in [-0.1, -0.05) is 31.5 Å². The summed E-state index contributed by atoms with van der Waals surface area (Å²) in [6.45, 7) is 2.09. The molecule has 5 atom stereocenters. The minimum Gasteiger partial charge on any atom is -0.479 e. The molecule has 42 heavy (non-hydrogen) atoms. The van der Waals surface area contributed by atoms with E-state index in [4.69, 9.17) is 14.6 Å². The third-order valence-electron chi connectivity index (χ3n) is 6.66. The topological polar surface area (TPSA) is 186 Å². The van der Waals surface area contributed by atoms with Crippen LogP contribution in [-0.2, 0) is 19.1 Å². The van der Waals surface area contributed by atoms with Crippen molar-refractivity contribution in [3.63, 3.8) is 0 Å². The predicted octanol–water partition coefficient (Wildman–Crippen LogP) is 1.03.